The lowest BCUT2D eigenvalue weighted by molar-refractivity contribution is -0.136. The lowest BCUT2D eigenvalue weighted by Crippen LogP contribution is -2.53. The maximum atomic E-state index is 11.3. The van der Waals surface area contributed by atoms with Gasteiger partial charge in [-0.05, 0) is 48.0 Å². The molecule has 0 bridgehead atoms. The Kier molecular flexibility index (Phi) is 4.59. The normalized spacial score (nSPS) is 13.8. The van der Waals surface area contributed by atoms with Gasteiger partial charge in [-0.3, -0.25) is 0 Å². The van der Waals surface area contributed by atoms with Gasteiger partial charge in [0.25, 0.3) is 0 Å². The van der Waals surface area contributed by atoms with Crippen molar-refractivity contribution in [2.45, 2.75) is 66.0 Å². The Morgan fingerprint density at radius 2 is 1.50 bits per heavy atom. The summed E-state index contributed by atoms with van der Waals surface area (Å²) in [6.07, 6.45) is 2.50. The van der Waals surface area contributed by atoms with E-state index in [4.69, 9.17) is 0 Å². The topological polar surface area (TPSA) is 40.5 Å². The van der Waals surface area contributed by atoms with Crippen LogP contribution in [0.15, 0.2) is 11.8 Å². The fraction of sp³-hybridized carbons (Fsp3) is 0.769. The number of hydrogen-bond acceptors (Lipinski definition) is 2. The largest absolute Gasteiger partial charge is 0.477 e. The van der Waals surface area contributed by atoms with Crippen LogP contribution in [0.5, 0.6) is 0 Å². The minimum atomic E-state index is -0.855. The molecule has 0 radical (unpaired) electrons. The van der Waals surface area contributed by atoms with E-state index < -0.39 is 5.97 Å². The Hall–Kier alpha value is -0.990. The van der Waals surface area contributed by atoms with E-state index in [1.807, 2.05) is 53.4 Å². The molecule has 1 N–H and O–H groups in total. The lowest BCUT2D eigenvalue weighted by Gasteiger charge is -2.47. The van der Waals surface area contributed by atoms with E-state index in [-0.39, 0.29) is 11.1 Å². The van der Waals surface area contributed by atoms with Gasteiger partial charge in [-0.2, -0.15) is 0 Å². The summed E-state index contributed by atoms with van der Waals surface area (Å²) in [5.41, 5.74) is -0.0301. The molecule has 94 valence electrons. The zero-order valence-electron chi connectivity index (χ0n) is 11.6. The van der Waals surface area contributed by atoms with Gasteiger partial charge in [-0.1, -0.05) is 13.0 Å². The SMILES string of the molecule is CC/C=C(\C(=O)O)N(C(C)(C)C)C(C)(C)C. The minimum Gasteiger partial charge on any atom is -0.477 e. The number of nitrogens with zero attached hydrogens (tertiary/aromatic N) is 1. The van der Waals surface area contributed by atoms with Crippen LogP contribution in [0.25, 0.3) is 0 Å². The standard InChI is InChI=1S/C13H25NO2/c1-8-9-10(11(15)16)14(12(2,3)4)13(5,6)7/h9H,8H2,1-7H3,(H,15,16)/b10-9+. The molecule has 0 unspecified atom stereocenters. The summed E-state index contributed by atoms with van der Waals surface area (Å²) in [6.45, 7) is 14.1. The summed E-state index contributed by atoms with van der Waals surface area (Å²) in [7, 11) is 0. The molecule has 0 heterocycles. The van der Waals surface area contributed by atoms with Crippen LogP contribution in [0.4, 0.5) is 0 Å². The first kappa shape index (κ1) is 15.0. The third kappa shape index (κ3) is 3.87. The number of carboxylic acid groups (broad SMARTS) is 1. The van der Waals surface area contributed by atoms with Crippen LogP contribution in [-0.4, -0.2) is 27.1 Å². The quantitative estimate of drug-likeness (QED) is 0.752. The maximum absolute atomic E-state index is 11.3. The molecule has 0 aliphatic rings. The highest BCUT2D eigenvalue weighted by molar-refractivity contribution is 5.86. The highest BCUT2D eigenvalue weighted by Crippen LogP contribution is 2.29. The van der Waals surface area contributed by atoms with Crippen LogP contribution < -0.4 is 0 Å². The van der Waals surface area contributed by atoms with E-state index in [1.165, 1.54) is 0 Å². The van der Waals surface area contributed by atoms with Gasteiger partial charge in [0.2, 0.25) is 0 Å². The van der Waals surface area contributed by atoms with Crippen molar-refractivity contribution in [3.8, 4) is 0 Å². The first-order chi connectivity index (χ1) is 7.01. The predicted molar refractivity (Wildman–Crippen MR) is 67.4 cm³/mol. The summed E-state index contributed by atoms with van der Waals surface area (Å²) >= 11 is 0. The second-order valence-corrected chi connectivity index (χ2v) is 5.98. The molecule has 3 heteroatoms. The maximum Gasteiger partial charge on any atom is 0.351 e. The molecular formula is C13H25NO2. The highest BCUT2D eigenvalue weighted by atomic mass is 16.4. The number of carbonyl (C=O) groups is 1. The van der Waals surface area contributed by atoms with E-state index in [2.05, 4.69) is 0 Å². The molecule has 0 amide bonds. The number of aliphatic carboxylic acids is 1. The van der Waals surface area contributed by atoms with Gasteiger partial charge in [0.15, 0.2) is 0 Å². The molecule has 0 aromatic carbocycles. The number of rotatable bonds is 3. The molecular weight excluding hydrogens is 202 g/mol. The predicted octanol–water partition coefficient (Wildman–Crippen LogP) is 3.26. The second kappa shape index (κ2) is 4.89. The molecule has 0 aromatic heterocycles. The molecule has 0 saturated heterocycles. The molecule has 0 spiro atoms. The molecule has 0 saturated carbocycles. The van der Waals surface area contributed by atoms with Gasteiger partial charge in [-0.25, -0.2) is 4.79 Å². The van der Waals surface area contributed by atoms with Crippen LogP contribution in [0.3, 0.4) is 0 Å². The minimum absolute atomic E-state index is 0.211. The average Bonchev–Trinajstić information content (AvgIpc) is 1.97. The zero-order chi connectivity index (χ0) is 13.1. The van der Waals surface area contributed by atoms with E-state index in [0.717, 1.165) is 6.42 Å². The van der Waals surface area contributed by atoms with Crippen molar-refractivity contribution in [2.24, 2.45) is 0 Å². The van der Waals surface area contributed by atoms with Gasteiger partial charge in [0.1, 0.15) is 5.70 Å². The summed E-state index contributed by atoms with van der Waals surface area (Å²) in [6, 6.07) is 0. The molecule has 0 atom stereocenters. The summed E-state index contributed by atoms with van der Waals surface area (Å²) < 4.78 is 0. The fourth-order valence-electron chi connectivity index (χ4n) is 2.20. The van der Waals surface area contributed by atoms with Crippen molar-refractivity contribution in [1.29, 1.82) is 0 Å². The van der Waals surface area contributed by atoms with Gasteiger partial charge in [-0.15, -0.1) is 0 Å². The zero-order valence-corrected chi connectivity index (χ0v) is 11.6. The Morgan fingerprint density at radius 1 is 1.12 bits per heavy atom. The Morgan fingerprint density at radius 3 is 1.69 bits per heavy atom. The number of hydrogen-bond donors (Lipinski definition) is 1. The Labute approximate surface area is 99.1 Å². The third-order valence-electron chi connectivity index (χ3n) is 2.20. The van der Waals surface area contributed by atoms with E-state index in [1.54, 1.807) is 6.08 Å². The number of allylic oxidation sites excluding steroid dienone is 1. The second-order valence-electron chi connectivity index (χ2n) is 5.98. The van der Waals surface area contributed by atoms with Crippen molar-refractivity contribution in [3.05, 3.63) is 11.8 Å². The molecule has 0 fully saturated rings. The summed E-state index contributed by atoms with van der Waals surface area (Å²) in [5.74, 6) is -0.855. The Bertz CT molecular complexity index is 265. The molecule has 3 nitrogen and oxygen atoms in total. The van der Waals surface area contributed by atoms with Gasteiger partial charge in [0.05, 0.1) is 0 Å². The van der Waals surface area contributed by atoms with E-state index in [0.29, 0.717) is 5.70 Å². The van der Waals surface area contributed by atoms with E-state index in [9.17, 15) is 9.90 Å². The third-order valence-corrected chi connectivity index (χ3v) is 2.20. The van der Waals surface area contributed by atoms with Crippen molar-refractivity contribution in [2.75, 3.05) is 0 Å². The summed E-state index contributed by atoms with van der Waals surface area (Å²) in [5, 5.41) is 9.29. The first-order valence-electron chi connectivity index (χ1n) is 5.75. The molecule has 16 heavy (non-hydrogen) atoms. The fourth-order valence-corrected chi connectivity index (χ4v) is 2.20. The van der Waals surface area contributed by atoms with Crippen LogP contribution in [0, 0.1) is 0 Å². The van der Waals surface area contributed by atoms with Crippen molar-refractivity contribution >= 4 is 5.97 Å². The van der Waals surface area contributed by atoms with Crippen LogP contribution in [-0.2, 0) is 4.79 Å². The first-order valence-corrected chi connectivity index (χ1v) is 5.75. The highest BCUT2D eigenvalue weighted by Gasteiger charge is 2.35. The van der Waals surface area contributed by atoms with Gasteiger partial charge in [0, 0.05) is 11.1 Å². The van der Waals surface area contributed by atoms with Crippen LogP contribution in [0.1, 0.15) is 54.9 Å². The lowest BCUT2D eigenvalue weighted by atomic mass is 9.94. The van der Waals surface area contributed by atoms with Gasteiger partial charge < -0.3 is 10.0 Å². The van der Waals surface area contributed by atoms with Gasteiger partial charge >= 0.3 is 5.97 Å². The molecule has 0 aliphatic heterocycles. The molecule has 0 aliphatic carbocycles. The van der Waals surface area contributed by atoms with Crippen LogP contribution >= 0.6 is 0 Å². The Balaban J connectivity index is 5.50. The summed E-state index contributed by atoms with van der Waals surface area (Å²) in [4.78, 5) is 13.3. The van der Waals surface area contributed by atoms with Crippen LogP contribution in [0.2, 0.25) is 0 Å². The number of carboxylic acids is 1. The smallest absolute Gasteiger partial charge is 0.351 e. The van der Waals surface area contributed by atoms with Crippen molar-refractivity contribution in [1.82, 2.24) is 4.90 Å². The molecule has 0 rings (SSSR count). The molecule has 0 aromatic rings. The van der Waals surface area contributed by atoms with E-state index >= 15 is 0 Å². The average molecular weight is 227 g/mol. The van der Waals surface area contributed by atoms with Crippen molar-refractivity contribution in [3.63, 3.8) is 0 Å². The van der Waals surface area contributed by atoms with Crippen molar-refractivity contribution < 1.29 is 9.90 Å². The monoisotopic (exact) mass is 227 g/mol.